The molecular weight excluding hydrogens is 456 g/mol. The van der Waals surface area contributed by atoms with Gasteiger partial charge in [0.1, 0.15) is 0 Å². The van der Waals surface area contributed by atoms with E-state index in [0.29, 0.717) is 48.8 Å². The van der Waals surface area contributed by atoms with Crippen molar-refractivity contribution in [3.63, 3.8) is 0 Å². The molecule has 8 heteroatoms. The van der Waals surface area contributed by atoms with Crippen molar-refractivity contribution in [2.45, 2.75) is 13.0 Å². The summed E-state index contributed by atoms with van der Waals surface area (Å²) in [5.74, 6) is -0.538. The molecule has 0 bridgehead atoms. The Balaban J connectivity index is 1.30. The largest absolute Gasteiger partial charge is 0.378 e. The van der Waals surface area contributed by atoms with Crippen LogP contribution in [0.2, 0.25) is 0 Å². The molecule has 3 amide bonds. The lowest BCUT2D eigenvalue weighted by Gasteiger charge is -2.27. The number of amides is 3. The van der Waals surface area contributed by atoms with Gasteiger partial charge < -0.3 is 25.6 Å². The zero-order valence-electron chi connectivity index (χ0n) is 20.2. The van der Waals surface area contributed by atoms with Crippen LogP contribution in [0, 0.1) is 0 Å². The minimum atomic E-state index is -0.265. The van der Waals surface area contributed by atoms with Gasteiger partial charge in [-0.1, -0.05) is 42.5 Å². The number of hydrogen-bond donors (Lipinski definition) is 3. The molecule has 3 N–H and O–H groups in total. The quantitative estimate of drug-likeness (QED) is 0.451. The van der Waals surface area contributed by atoms with E-state index in [1.54, 1.807) is 53.4 Å². The van der Waals surface area contributed by atoms with E-state index in [-0.39, 0.29) is 30.3 Å². The third-order valence-corrected chi connectivity index (χ3v) is 5.92. The van der Waals surface area contributed by atoms with Gasteiger partial charge >= 0.3 is 0 Å². The molecule has 3 aromatic carbocycles. The zero-order valence-corrected chi connectivity index (χ0v) is 20.2. The van der Waals surface area contributed by atoms with Gasteiger partial charge in [-0.05, 0) is 48.9 Å². The van der Waals surface area contributed by atoms with Gasteiger partial charge in [-0.2, -0.15) is 0 Å². The molecule has 1 aliphatic heterocycles. The van der Waals surface area contributed by atoms with Gasteiger partial charge in [0.05, 0.1) is 25.8 Å². The molecule has 4 rings (SSSR count). The summed E-state index contributed by atoms with van der Waals surface area (Å²) in [6.45, 7) is 4.12. The Morgan fingerprint density at radius 3 is 2.28 bits per heavy atom. The molecule has 1 aliphatic rings. The molecule has 186 valence electrons. The number of anilines is 2. The van der Waals surface area contributed by atoms with Crippen LogP contribution in [0.1, 0.15) is 39.2 Å². The van der Waals surface area contributed by atoms with Gasteiger partial charge in [0.25, 0.3) is 11.8 Å². The van der Waals surface area contributed by atoms with Crippen LogP contribution in [0.5, 0.6) is 0 Å². The highest BCUT2D eigenvalue weighted by atomic mass is 16.5. The molecule has 36 heavy (non-hydrogen) atoms. The van der Waals surface area contributed by atoms with E-state index in [2.05, 4.69) is 16.0 Å². The number of carbonyl (C=O) groups is 3. The first kappa shape index (κ1) is 24.9. The maximum Gasteiger partial charge on any atom is 0.254 e. The van der Waals surface area contributed by atoms with Gasteiger partial charge in [-0.15, -0.1) is 0 Å². The number of hydrogen-bond acceptors (Lipinski definition) is 5. The van der Waals surface area contributed by atoms with Crippen LogP contribution in [0.4, 0.5) is 11.4 Å². The molecule has 1 heterocycles. The second-order valence-corrected chi connectivity index (χ2v) is 8.57. The second-order valence-electron chi connectivity index (χ2n) is 8.57. The van der Waals surface area contributed by atoms with Crippen LogP contribution >= 0.6 is 0 Å². The van der Waals surface area contributed by atoms with E-state index < -0.39 is 0 Å². The van der Waals surface area contributed by atoms with E-state index in [9.17, 15) is 14.4 Å². The molecule has 0 spiro atoms. The van der Waals surface area contributed by atoms with Crippen LogP contribution in [0.25, 0.3) is 0 Å². The predicted molar refractivity (Wildman–Crippen MR) is 139 cm³/mol. The van der Waals surface area contributed by atoms with Crippen LogP contribution < -0.4 is 16.0 Å². The van der Waals surface area contributed by atoms with Crippen molar-refractivity contribution >= 4 is 29.1 Å². The Labute approximate surface area is 210 Å². The number of rotatable bonds is 8. The third kappa shape index (κ3) is 6.70. The van der Waals surface area contributed by atoms with E-state index in [0.717, 1.165) is 5.56 Å². The Kier molecular flexibility index (Phi) is 8.31. The van der Waals surface area contributed by atoms with Crippen molar-refractivity contribution in [2.24, 2.45) is 0 Å². The SMILES string of the molecule is CC(NC(=O)c1cccc(NCC(=O)Nc2cccc(C(=O)N3CCOCC3)c2)c1)c1ccccc1. The summed E-state index contributed by atoms with van der Waals surface area (Å²) in [7, 11) is 0. The predicted octanol–water partition coefficient (Wildman–Crippen LogP) is 3.70. The average Bonchev–Trinajstić information content (AvgIpc) is 2.92. The molecule has 1 atom stereocenters. The average molecular weight is 487 g/mol. The fourth-order valence-electron chi connectivity index (χ4n) is 3.94. The maximum atomic E-state index is 12.7. The van der Waals surface area contributed by atoms with Crippen molar-refractivity contribution in [1.82, 2.24) is 10.2 Å². The van der Waals surface area contributed by atoms with Crippen molar-refractivity contribution < 1.29 is 19.1 Å². The highest BCUT2D eigenvalue weighted by Crippen LogP contribution is 2.16. The molecule has 0 radical (unpaired) electrons. The van der Waals surface area contributed by atoms with Crippen LogP contribution in [-0.2, 0) is 9.53 Å². The van der Waals surface area contributed by atoms with Gasteiger partial charge in [-0.25, -0.2) is 0 Å². The van der Waals surface area contributed by atoms with E-state index in [4.69, 9.17) is 4.74 Å². The molecule has 0 aliphatic carbocycles. The van der Waals surface area contributed by atoms with E-state index in [1.165, 1.54) is 0 Å². The van der Waals surface area contributed by atoms with Gasteiger partial charge in [0, 0.05) is 35.6 Å². The lowest BCUT2D eigenvalue weighted by atomic mass is 10.1. The summed E-state index contributed by atoms with van der Waals surface area (Å²) >= 11 is 0. The Bertz CT molecular complexity index is 1210. The highest BCUT2D eigenvalue weighted by Gasteiger charge is 2.19. The summed E-state index contributed by atoms with van der Waals surface area (Å²) in [5, 5.41) is 8.86. The monoisotopic (exact) mass is 486 g/mol. The number of benzene rings is 3. The lowest BCUT2D eigenvalue weighted by Crippen LogP contribution is -2.40. The number of carbonyl (C=O) groups excluding carboxylic acids is 3. The number of nitrogens with one attached hydrogen (secondary N) is 3. The van der Waals surface area contributed by atoms with Crippen molar-refractivity contribution in [3.05, 3.63) is 95.6 Å². The van der Waals surface area contributed by atoms with Gasteiger partial charge in [0.2, 0.25) is 5.91 Å². The summed E-state index contributed by atoms with van der Waals surface area (Å²) in [4.78, 5) is 39.7. The summed E-state index contributed by atoms with van der Waals surface area (Å²) in [5.41, 5.74) is 3.24. The lowest BCUT2D eigenvalue weighted by molar-refractivity contribution is -0.114. The molecule has 1 unspecified atom stereocenters. The fraction of sp³-hybridized carbons (Fsp3) is 0.250. The second kappa shape index (κ2) is 12.0. The van der Waals surface area contributed by atoms with E-state index >= 15 is 0 Å². The summed E-state index contributed by atoms with van der Waals surface area (Å²) in [6, 6.07) is 23.5. The molecule has 3 aromatic rings. The smallest absolute Gasteiger partial charge is 0.254 e. The molecule has 0 aromatic heterocycles. The molecular formula is C28H30N4O4. The molecule has 1 fully saturated rings. The Hall–Kier alpha value is -4.17. The van der Waals surface area contributed by atoms with Crippen molar-refractivity contribution in [2.75, 3.05) is 43.5 Å². The van der Waals surface area contributed by atoms with Gasteiger partial charge in [0.15, 0.2) is 0 Å². The topological polar surface area (TPSA) is 99.8 Å². The molecule has 1 saturated heterocycles. The summed E-state index contributed by atoms with van der Waals surface area (Å²) in [6.07, 6.45) is 0. The van der Waals surface area contributed by atoms with Crippen LogP contribution in [-0.4, -0.2) is 55.5 Å². The Morgan fingerprint density at radius 2 is 1.53 bits per heavy atom. The van der Waals surface area contributed by atoms with Crippen molar-refractivity contribution in [1.29, 1.82) is 0 Å². The number of nitrogens with zero attached hydrogens (tertiary/aromatic N) is 1. The Morgan fingerprint density at radius 1 is 0.861 bits per heavy atom. The standard InChI is InChI=1S/C28H30N4O4/c1-20(21-7-3-2-4-8-21)30-27(34)22-9-5-11-24(17-22)29-19-26(33)31-25-12-6-10-23(18-25)28(35)32-13-15-36-16-14-32/h2-12,17-18,20,29H,13-16,19H2,1H3,(H,30,34)(H,31,33). The minimum Gasteiger partial charge on any atom is -0.378 e. The van der Waals surface area contributed by atoms with Gasteiger partial charge in [-0.3, -0.25) is 14.4 Å². The summed E-state index contributed by atoms with van der Waals surface area (Å²) < 4.78 is 5.30. The molecule has 0 saturated carbocycles. The normalized spacial score (nSPS) is 14.0. The van der Waals surface area contributed by atoms with E-state index in [1.807, 2.05) is 37.3 Å². The highest BCUT2D eigenvalue weighted by molar-refractivity contribution is 5.98. The first-order valence-corrected chi connectivity index (χ1v) is 12.0. The van der Waals surface area contributed by atoms with Crippen molar-refractivity contribution in [3.8, 4) is 0 Å². The first-order valence-electron chi connectivity index (χ1n) is 12.0. The zero-order chi connectivity index (χ0) is 25.3. The number of ether oxygens (including phenoxy) is 1. The maximum absolute atomic E-state index is 12.7. The third-order valence-electron chi connectivity index (χ3n) is 5.92. The minimum absolute atomic E-state index is 0.00707. The fourth-order valence-corrected chi connectivity index (χ4v) is 3.94. The first-order chi connectivity index (χ1) is 17.5. The number of morpholine rings is 1. The van der Waals surface area contributed by atoms with Crippen LogP contribution in [0.3, 0.4) is 0 Å². The molecule has 8 nitrogen and oxygen atoms in total. The van der Waals surface area contributed by atoms with Crippen LogP contribution in [0.15, 0.2) is 78.9 Å².